The van der Waals surface area contributed by atoms with Crippen LogP contribution in [0.1, 0.15) is 16.9 Å². The van der Waals surface area contributed by atoms with Crippen molar-refractivity contribution >= 4 is 35.1 Å². The van der Waals surface area contributed by atoms with Crippen molar-refractivity contribution in [2.24, 2.45) is 10.2 Å². The Morgan fingerprint density at radius 3 is 2.65 bits per heavy atom. The number of carbonyl (C=O) groups is 1. The summed E-state index contributed by atoms with van der Waals surface area (Å²) in [6, 6.07) is 17.1. The lowest BCUT2D eigenvalue weighted by Crippen LogP contribution is -2.28. The summed E-state index contributed by atoms with van der Waals surface area (Å²) in [5, 5.41) is 8.75. The lowest BCUT2D eigenvalue weighted by molar-refractivity contribution is -0.122. The number of ether oxygens (including phenoxy) is 1. The zero-order valence-electron chi connectivity index (χ0n) is 16.6. The van der Waals surface area contributed by atoms with Gasteiger partial charge < -0.3 is 9.15 Å². The van der Waals surface area contributed by atoms with Crippen molar-refractivity contribution in [2.75, 3.05) is 7.11 Å². The number of halogens is 1. The predicted molar refractivity (Wildman–Crippen MR) is 119 cm³/mol. The normalized spacial score (nSPS) is 16.7. The summed E-state index contributed by atoms with van der Waals surface area (Å²) in [6.07, 6.45) is 4.64. The molecule has 2 heterocycles. The van der Waals surface area contributed by atoms with Gasteiger partial charge in [0.15, 0.2) is 5.17 Å². The van der Waals surface area contributed by atoms with Gasteiger partial charge in [0.2, 0.25) is 0 Å². The quantitative estimate of drug-likeness (QED) is 0.313. The van der Waals surface area contributed by atoms with E-state index in [4.69, 9.17) is 9.15 Å². The van der Waals surface area contributed by atoms with Gasteiger partial charge in [-0.3, -0.25) is 9.69 Å². The molecule has 3 aromatic rings. The molecule has 1 aromatic heterocycles. The highest BCUT2D eigenvalue weighted by atomic mass is 32.2. The molecule has 0 N–H and O–H groups in total. The monoisotopic (exact) mass is 435 g/mol. The third kappa shape index (κ3) is 4.92. The van der Waals surface area contributed by atoms with Crippen molar-refractivity contribution < 1.29 is 18.3 Å². The zero-order valence-corrected chi connectivity index (χ0v) is 17.4. The van der Waals surface area contributed by atoms with Crippen LogP contribution in [0, 0.1) is 5.82 Å². The summed E-state index contributed by atoms with van der Waals surface area (Å²) < 4.78 is 24.6. The molecule has 1 fully saturated rings. The van der Waals surface area contributed by atoms with E-state index in [2.05, 4.69) is 10.2 Å². The molecular formula is C23H18FN3O3S. The minimum absolute atomic E-state index is 0.199. The summed E-state index contributed by atoms with van der Waals surface area (Å²) in [5.41, 5.74) is 1.17. The highest BCUT2D eigenvalue weighted by Gasteiger charge is 2.34. The maximum absolute atomic E-state index is 14.1. The van der Waals surface area contributed by atoms with E-state index in [0.717, 1.165) is 23.1 Å². The second kappa shape index (κ2) is 9.44. The van der Waals surface area contributed by atoms with Gasteiger partial charge in [0.1, 0.15) is 17.3 Å². The molecule has 2 aromatic carbocycles. The average Bonchev–Trinajstić information content (AvgIpc) is 3.40. The number of rotatable bonds is 6. The highest BCUT2D eigenvalue weighted by Crippen LogP contribution is 2.34. The first-order chi connectivity index (χ1) is 15.1. The number of hydrogen-bond donors (Lipinski definition) is 0. The van der Waals surface area contributed by atoms with Crippen molar-refractivity contribution in [3.63, 3.8) is 0 Å². The number of thioether (sulfide) groups is 1. The Bertz CT molecular complexity index is 1160. The Balaban J connectivity index is 1.61. The molecule has 1 amide bonds. The fraction of sp³-hybridized carbons (Fsp3) is 0.0870. The van der Waals surface area contributed by atoms with Crippen LogP contribution in [0.2, 0.25) is 0 Å². The fourth-order valence-electron chi connectivity index (χ4n) is 2.85. The lowest BCUT2D eigenvalue weighted by atomic mass is 10.2. The van der Waals surface area contributed by atoms with Crippen molar-refractivity contribution in [2.45, 2.75) is 6.54 Å². The van der Waals surface area contributed by atoms with Crippen LogP contribution in [0.3, 0.4) is 0 Å². The molecule has 1 aliphatic heterocycles. The molecule has 6 nitrogen and oxygen atoms in total. The molecule has 0 bridgehead atoms. The van der Waals surface area contributed by atoms with E-state index < -0.39 is 5.82 Å². The number of amidine groups is 1. The van der Waals surface area contributed by atoms with E-state index >= 15 is 0 Å². The molecular weight excluding hydrogens is 417 g/mol. The van der Waals surface area contributed by atoms with Crippen LogP contribution < -0.4 is 4.74 Å². The summed E-state index contributed by atoms with van der Waals surface area (Å²) in [7, 11) is 1.60. The van der Waals surface area contributed by atoms with Gasteiger partial charge >= 0.3 is 0 Å². The van der Waals surface area contributed by atoms with Crippen LogP contribution in [0.15, 0.2) is 86.5 Å². The Kier molecular flexibility index (Phi) is 6.28. The second-order valence-electron chi connectivity index (χ2n) is 6.50. The van der Waals surface area contributed by atoms with Crippen LogP contribution in [0.4, 0.5) is 4.39 Å². The van der Waals surface area contributed by atoms with Crippen molar-refractivity contribution in [1.82, 2.24) is 4.90 Å². The summed E-state index contributed by atoms with van der Waals surface area (Å²) >= 11 is 1.14. The predicted octanol–water partition coefficient (Wildman–Crippen LogP) is 4.93. The van der Waals surface area contributed by atoms with E-state index in [0.29, 0.717) is 21.4 Å². The number of nitrogens with zero attached hydrogens (tertiary/aromatic N) is 3. The molecule has 4 rings (SSSR count). The van der Waals surface area contributed by atoms with Gasteiger partial charge in [0.05, 0.1) is 31.0 Å². The average molecular weight is 435 g/mol. The zero-order chi connectivity index (χ0) is 21.6. The maximum atomic E-state index is 14.1. The third-order valence-electron chi connectivity index (χ3n) is 4.44. The molecule has 31 heavy (non-hydrogen) atoms. The van der Waals surface area contributed by atoms with Gasteiger partial charge in [0, 0.05) is 5.56 Å². The van der Waals surface area contributed by atoms with E-state index in [1.54, 1.807) is 43.7 Å². The Hall–Kier alpha value is -3.65. The summed E-state index contributed by atoms with van der Waals surface area (Å²) in [4.78, 5) is 14.8. The van der Waals surface area contributed by atoms with E-state index in [9.17, 15) is 9.18 Å². The molecule has 1 saturated heterocycles. The minimum atomic E-state index is -0.399. The second-order valence-corrected chi connectivity index (χ2v) is 7.51. The molecule has 0 spiro atoms. The number of amides is 1. The largest absolute Gasteiger partial charge is 0.497 e. The van der Waals surface area contributed by atoms with Crippen LogP contribution in [0.5, 0.6) is 5.75 Å². The number of carbonyl (C=O) groups excluding carboxylic acids is 1. The number of furan rings is 1. The molecule has 0 atom stereocenters. The molecule has 0 unspecified atom stereocenters. The van der Waals surface area contributed by atoms with Crippen LogP contribution in [-0.2, 0) is 11.3 Å². The lowest BCUT2D eigenvalue weighted by Gasteiger charge is -2.12. The van der Waals surface area contributed by atoms with Crippen molar-refractivity contribution in [3.05, 3.63) is 94.5 Å². The summed E-state index contributed by atoms with van der Waals surface area (Å²) in [6.45, 7) is 0.199. The van der Waals surface area contributed by atoms with E-state index in [1.807, 2.05) is 24.3 Å². The molecule has 8 heteroatoms. The Morgan fingerprint density at radius 2 is 1.94 bits per heavy atom. The molecule has 0 radical (unpaired) electrons. The SMILES string of the molecule is COc1ccc(/C=N/N=C2\S/C(=C\c3ccccc3F)C(=O)N2Cc2ccco2)cc1. The fourth-order valence-corrected chi connectivity index (χ4v) is 3.77. The molecule has 0 saturated carbocycles. The van der Waals surface area contributed by atoms with Gasteiger partial charge in [-0.15, -0.1) is 5.10 Å². The molecule has 1 aliphatic rings. The van der Waals surface area contributed by atoms with Gasteiger partial charge in [-0.1, -0.05) is 18.2 Å². The van der Waals surface area contributed by atoms with Crippen LogP contribution in [-0.4, -0.2) is 29.3 Å². The Labute approximate surface area is 182 Å². The van der Waals surface area contributed by atoms with Crippen molar-refractivity contribution in [3.8, 4) is 5.75 Å². The molecule has 156 valence electrons. The number of benzene rings is 2. The standard InChI is InChI=1S/C23H18FN3O3S/c1-29-18-10-8-16(9-11-18)14-25-26-23-27(15-19-6-4-12-30-19)22(28)21(31-23)13-17-5-2-3-7-20(17)24/h2-14H,15H2,1H3/b21-13-,25-14+,26-23-. The first-order valence-electron chi connectivity index (χ1n) is 9.37. The van der Waals surface area contributed by atoms with Crippen molar-refractivity contribution in [1.29, 1.82) is 0 Å². The number of hydrogen-bond acceptors (Lipinski definition) is 6. The highest BCUT2D eigenvalue weighted by molar-refractivity contribution is 8.18. The first kappa shape index (κ1) is 20.6. The van der Waals surface area contributed by atoms with Crippen LogP contribution >= 0.6 is 11.8 Å². The Morgan fingerprint density at radius 1 is 1.13 bits per heavy atom. The number of methoxy groups -OCH3 is 1. The van der Waals surface area contributed by atoms with Gasteiger partial charge in [0.25, 0.3) is 5.91 Å². The van der Waals surface area contributed by atoms with Gasteiger partial charge in [-0.05, 0) is 65.9 Å². The van der Waals surface area contributed by atoms with E-state index in [-0.39, 0.29) is 12.5 Å². The van der Waals surface area contributed by atoms with E-state index in [1.165, 1.54) is 23.3 Å². The third-order valence-corrected chi connectivity index (χ3v) is 5.44. The van der Waals surface area contributed by atoms with Gasteiger partial charge in [-0.2, -0.15) is 5.10 Å². The first-order valence-corrected chi connectivity index (χ1v) is 10.2. The maximum Gasteiger partial charge on any atom is 0.267 e. The summed E-state index contributed by atoms with van der Waals surface area (Å²) in [5.74, 6) is 0.660. The van der Waals surface area contributed by atoms with Gasteiger partial charge in [-0.25, -0.2) is 4.39 Å². The smallest absolute Gasteiger partial charge is 0.267 e. The molecule has 0 aliphatic carbocycles. The minimum Gasteiger partial charge on any atom is -0.497 e. The topological polar surface area (TPSA) is 67.4 Å². The van der Waals surface area contributed by atoms with Crippen LogP contribution in [0.25, 0.3) is 6.08 Å².